The number of nitrogens with one attached hydrogen (secondary N) is 2. The minimum atomic E-state index is 0.542. The summed E-state index contributed by atoms with van der Waals surface area (Å²) in [5, 5.41) is 6.92. The predicted molar refractivity (Wildman–Crippen MR) is 117 cm³/mol. The quantitative estimate of drug-likeness (QED) is 0.571. The van der Waals surface area contributed by atoms with Crippen LogP contribution < -0.4 is 15.5 Å². The van der Waals surface area contributed by atoms with Gasteiger partial charge in [-0.15, -0.1) is 0 Å². The van der Waals surface area contributed by atoms with Crippen molar-refractivity contribution in [1.29, 1.82) is 0 Å². The lowest BCUT2D eigenvalue weighted by Crippen LogP contribution is -2.44. The van der Waals surface area contributed by atoms with E-state index >= 15 is 0 Å². The molecule has 1 saturated heterocycles. The van der Waals surface area contributed by atoms with Gasteiger partial charge in [0.1, 0.15) is 5.82 Å². The Morgan fingerprint density at radius 1 is 1.18 bits per heavy atom. The fraction of sp³-hybridized carbons (Fsp3) is 0.455. The molecule has 0 amide bonds. The number of aliphatic imine (C=N–C) groups is 1. The first-order valence-electron chi connectivity index (χ1n) is 10.0. The fourth-order valence-electron chi connectivity index (χ4n) is 3.59. The molecule has 1 aromatic heterocycles. The Bertz CT molecular complexity index is 759. The molecule has 3 rings (SSSR count). The minimum Gasteiger partial charge on any atom is -0.363 e. The van der Waals surface area contributed by atoms with Crippen LogP contribution in [-0.2, 0) is 13.1 Å². The van der Waals surface area contributed by atoms with Crippen molar-refractivity contribution in [3.8, 4) is 0 Å². The van der Waals surface area contributed by atoms with Crippen molar-refractivity contribution in [2.75, 3.05) is 39.1 Å². The molecule has 6 heteroatoms. The molecule has 1 fully saturated rings. The average Bonchev–Trinajstić information content (AvgIpc) is 3.16. The third kappa shape index (κ3) is 5.70. The van der Waals surface area contributed by atoms with Gasteiger partial charge in [-0.05, 0) is 42.6 Å². The number of rotatable bonds is 7. The molecule has 6 nitrogen and oxygen atoms in total. The number of aromatic nitrogens is 1. The zero-order valence-corrected chi connectivity index (χ0v) is 17.2. The molecule has 0 bridgehead atoms. The summed E-state index contributed by atoms with van der Waals surface area (Å²) in [5.41, 5.74) is 2.57. The smallest absolute Gasteiger partial charge is 0.191 e. The van der Waals surface area contributed by atoms with E-state index in [1.165, 1.54) is 24.0 Å². The van der Waals surface area contributed by atoms with Crippen molar-refractivity contribution in [3.05, 3.63) is 59.8 Å². The highest BCUT2D eigenvalue weighted by Crippen LogP contribution is 2.19. The average molecular weight is 381 g/mol. The van der Waals surface area contributed by atoms with E-state index in [1.54, 1.807) is 0 Å². The van der Waals surface area contributed by atoms with Crippen LogP contribution in [0.3, 0.4) is 0 Å². The van der Waals surface area contributed by atoms with E-state index < -0.39 is 0 Å². The number of pyridine rings is 1. The zero-order valence-electron chi connectivity index (χ0n) is 17.2. The van der Waals surface area contributed by atoms with Crippen molar-refractivity contribution >= 4 is 11.8 Å². The SMILES string of the molecule is CN=C(NCc1ccnc(N(C)C)c1)NCC1CCCN1Cc1ccccc1. The van der Waals surface area contributed by atoms with Gasteiger partial charge in [0, 0.05) is 53.0 Å². The van der Waals surface area contributed by atoms with Crippen molar-refractivity contribution < 1.29 is 0 Å². The van der Waals surface area contributed by atoms with Crippen LogP contribution in [0.4, 0.5) is 5.82 Å². The Morgan fingerprint density at radius 3 is 2.75 bits per heavy atom. The maximum atomic E-state index is 4.38. The molecule has 28 heavy (non-hydrogen) atoms. The van der Waals surface area contributed by atoms with E-state index in [-0.39, 0.29) is 0 Å². The monoisotopic (exact) mass is 380 g/mol. The minimum absolute atomic E-state index is 0.542. The van der Waals surface area contributed by atoms with Gasteiger partial charge in [-0.1, -0.05) is 30.3 Å². The summed E-state index contributed by atoms with van der Waals surface area (Å²) >= 11 is 0. The molecule has 0 radical (unpaired) electrons. The number of nitrogens with zero attached hydrogens (tertiary/aromatic N) is 4. The molecule has 0 aliphatic carbocycles. The highest BCUT2D eigenvalue weighted by atomic mass is 15.2. The van der Waals surface area contributed by atoms with Crippen molar-refractivity contribution in [2.24, 2.45) is 4.99 Å². The third-order valence-electron chi connectivity index (χ3n) is 5.18. The molecular formula is C22H32N6. The number of hydrogen-bond acceptors (Lipinski definition) is 4. The number of anilines is 1. The lowest BCUT2D eigenvalue weighted by Gasteiger charge is -2.25. The summed E-state index contributed by atoms with van der Waals surface area (Å²) in [4.78, 5) is 13.3. The van der Waals surface area contributed by atoms with Crippen LogP contribution in [0, 0.1) is 0 Å². The van der Waals surface area contributed by atoms with Crippen LogP contribution in [0.2, 0.25) is 0 Å². The van der Waals surface area contributed by atoms with Crippen LogP contribution in [0.1, 0.15) is 24.0 Å². The normalized spacial score (nSPS) is 17.5. The van der Waals surface area contributed by atoms with Gasteiger partial charge in [0.25, 0.3) is 0 Å². The Balaban J connectivity index is 1.49. The molecule has 2 aromatic rings. The largest absolute Gasteiger partial charge is 0.363 e. The van der Waals surface area contributed by atoms with Crippen molar-refractivity contribution in [1.82, 2.24) is 20.5 Å². The van der Waals surface area contributed by atoms with Crippen LogP contribution in [-0.4, -0.2) is 56.1 Å². The molecule has 0 saturated carbocycles. The summed E-state index contributed by atoms with van der Waals surface area (Å²) in [6.07, 6.45) is 4.34. The van der Waals surface area contributed by atoms with Gasteiger partial charge in [-0.25, -0.2) is 4.98 Å². The maximum Gasteiger partial charge on any atom is 0.191 e. The first-order chi connectivity index (χ1) is 13.7. The van der Waals surface area contributed by atoms with Gasteiger partial charge < -0.3 is 15.5 Å². The van der Waals surface area contributed by atoms with Crippen LogP contribution in [0.5, 0.6) is 0 Å². The highest BCUT2D eigenvalue weighted by Gasteiger charge is 2.24. The summed E-state index contributed by atoms with van der Waals surface area (Å²) < 4.78 is 0. The van der Waals surface area contributed by atoms with E-state index in [9.17, 15) is 0 Å². The Kier molecular flexibility index (Phi) is 7.25. The molecule has 1 aliphatic heterocycles. The van der Waals surface area contributed by atoms with Gasteiger partial charge in [-0.3, -0.25) is 9.89 Å². The lowest BCUT2D eigenvalue weighted by atomic mass is 10.2. The molecule has 2 N–H and O–H groups in total. The molecule has 1 aromatic carbocycles. The standard InChI is InChI=1S/C22H32N6/c1-23-22(25-15-19-11-12-24-21(14-19)27(2)3)26-16-20-10-7-13-28(20)17-18-8-5-4-6-9-18/h4-6,8-9,11-12,14,20H,7,10,13,15-17H2,1-3H3,(H2,23,25,26). The number of hydrogen-bond donors (Lipinski definition) is 2. The second-order valence-electron chi connectivity index (χ2n) is 7.48. The summed E-state index contributed by atoms with van der Waals surface area (Å²) in [6, 6.07) is 15.4. The zero-order chi connectivity index (χ0) is 19.8. The van der Waals surface area contributed by atoms with Crippen molar-refractivity contribution in [3.63, 3.8) is 0 Å². The number of benzene rings is 1. The Morgan fingerprint density at radius 2 is 2.00 bits per heavy atom. The lowest BCUT2D eigenvalue weighted by molar-refractivity contribution is 0.245. The first kappa shape index (κ1) is 20.1. The van der Waals surface area contributed by atoms with E-state index in [2.05, 4.69) is 61.9 Å². The van der Waals surface area contributed by atoms with Gasteiger partial charge in [-0.2, -0.15) is 0 Å². The second-order valence-corrected chi connectivity index (χ2v) is 7.48. The number of likely N-dealkylation sites (tertiary alicyclic amines) is 1. The second kappa shape index (κ2) is 10.1. The van der Waals surface area contributed by atoms with E-state index in [0.29, 0.717) is 6.04 Å². The first-order valence-corrected chi connectivity index (χ1v) is 10.0. The molecule has 0 spiro atoms. The predicted octanol–water partition coefficient (Wildman–Crippen LogP) is 2.48. The van der Waals surface area contributed by atoms with Gasteiger partial charge in [0.05, 0.1) is 0 Å². The summed E-state index contributed by atoms with van der Waals surface area (Å²) in [7, 11) is 5.83. The molecule has 2 heterocycles. The number of guanidine groups is 1. The molecule has 1 unspecified atom stereocenters. The van der Waals surface area contributed by atoms with Crippen molar-refractivity contribution in [2.45, 2.75) is 32.0 Å². The van der Waals surface area contributed by atoms with E-state index in [4.69, 9.17) is 0 Å². The Hall–Kier alpha value is -2.60. The summed E-state index contributed by atoms with van der Waals surface area (Å²) in [5.74, 6) is 1.81. The van der Waals surface area contributed by atoms with Crippen LogP contribution in [0.25, 0.3) is 0 Å². The molecule has 150 valence electrons. The van der Waals surface area contributed by atoms with Crippen LogP contribution in [0.15, 0.2) is 53.7 Å². The van der Waals surface area contributed by atoms with E-state index in [1.807, 2.05) is 38.3 Å². The fourth-order valence-corrected chi connectivity index (χ4v) is 3.59. The summed E-state index contributed by atoms with van der Waals surface area (Å²) in [6.45, 7) is 3.81. The third-order valence-corrected chi connectivity index (χ3v) is 5.18. The Labute approximate surface area is 168 Å². The van der Waals surface area contributed by atoms with Gasteiger partial charge in [0.2, 0.25) is 0 Å². The van der Waals surface area contributed by atoms with Gasteiger partial charge >= 0.3 is 0 Å². The highest BCUT2D eigenvalue weighted by molar-refractivity contribution is 5.79. The molecule has 1 atom stereocenters. The molecular weight excluding hydrogens is 348 g/mol. The topological polar surface area (TPSA) is 55.8 Å². The molecule has 1 aliphatic rings. The van der Waals surface area contributed by atoms with E-state index in [0.717, 1.165) is 38.0 Å². The van der Waals surface area contributed by atoms with Gasteiger partial charge in [0.15, 0.2) is 5.96 Å². The maximum absolute atomic E-state index is 4.38. The van der Waals surface area contributed by atoms with Crippen LogP contribution >= 0.6 is 0 Å².